The lowest BCUT2D eigenvalue weighted by Crippen LogP contribution is -2.15. The molecule has 1 atom stereocenters. The van der Waals surface area contributed by atoms with Gasteiger partial charge >= 0.3 is 0 Å². The highest BCUT2D eigenvalue weighted by Gasteiger charge is 2.13. The lowest BCUT2D eigenvalue weighted by molar-refractivity contribution is 0.135. The van der Waals surface area contributed by atoms with E-state index in [0.717, 1.165) is 12.0 Å². The fraction of sp³-hybridized carbons (Fsp3) is 0.500. The highest BCUT2D eigenvalue weighted by Crippen LogP contribution is 2.34. The Morgan fingerprint density at radius 3 is 2.65 bits per heavy atom. The third-order valence-corrected chi connectivity index (χ3v) is 3.38. The lowest BCUT2D eigenvalue weighted by Gasteiger charge is -2.18. The maximum Gasteiger partial charge on any atom is 0.142 e. The Hall–Kier alpha value is 0.0400. The van der Waals surface area contributed by atoms with Gasteiger partial charge in [0.15, 0.2) is 0 Å². The summed E-state index contributed by atoms with van der Waals surface area (Å²) in [6.07, 6.45) is 0.864. The van der Waals surface area contributed by atoms with E-state index in [1.165, 1.54) is 0 Å². The molecular weight excluding hydrogens is 327 g/mol. The van der Waals surface area contributed by atoms with E-state index >= 15 is 0 Å². The van der Waals surface area contributed by atoms with Crippen molar-refractivity contribution in [1.82, 2.24) is 0 Å². The van der Waals surface area contributed by atoms with Crippen LogP contribution in [-0.4, -0.2) is 19.8 Å². The molecule has 0 saturated carbocycles. The number of methoxy groups -OCH3 is 1. The summed E-state index contributed by atoms with van der Waals surface area (Å²) in [5.74, 6) is 0.691. The lowest BCUT2D eigenvalue weighted by atomic mass is 10.2. The number of halogens is 3. The van der Waals surface area contributed by atoms with Crippen molar-refractivity contribution < 1.29 is 9.47 Å². The number of alkyl halides is 1. The normalized spacial score (nSPS) is 12.5. The van der Waals surface area contributed by atoms with E-state index < -0.39 is 0 Å². The van der Waals surface area contributed by atoms with Crippen molar-refractivity contribution in [3.8, 4) is 5.75 Å². The summed E-state index contributed by atoms with van der Waals surface area (Å²) < 4.78 is 10.8. The molecule has 0 heterocycles. The summed E-state index contributed by atoms with van der Waals surface area (Å²) in [6, 6.07) is 3.54. The highest BCUT2D eigenvalue weighted by molar-refractivity contribution is 9.08. The summed E-state index contributed by atoms with van der Waals surface area (Å²) in [6.45, 7) is 2.65. The summed E-state index contributed by atoms with van der Waals surface area (Å²) in [5.41, 5.74) is 0.951. The van der Waals surface area contributed by atoms with Gasteiger partial charge in [0.25, 0.3) is 0 Å². The van der Waals surface area contributed by atoms with Gasteiger partial charge in [-0.05, 0) is 19.1 Å². The van der Waals surface area contributed by atoms with Crippen LogP contribution in [-0.2, 0) is 10.1 Å². The van der Waals surface area contributed by atoms with Gasteiger partial charge in [-0.1, -0.05) is 39.1 Å². The minimum Gasteiger partial charge on any atom is -0.489 e. The Bertz CT molecular complexity index is 372. The van der Waals surface area contributed by atoms with Gasteiger partial charge < -0.3 is 9.47 Å². The van der Waals surface area contributed by atoms with E-state index in [2.05, 4.69) is 15.9 Å². The van der Waals surface area contributed by atoms with Crippen LogP contribution in [0.2, 0.25) is 10.0 Å². The summed E-state index contributed by atoms with van der Waals surface area (Å²) in [5, 5.41) is 1.80. The van der Waals surface area contributed by atoms with Crippen molar-refractivity contribution in [2.75, 3.05) is 13.7 Å². The molecule has 0 radical (unpaired) electrons. The van der Waals surface area contributed by atoms with Gasteiger partial charge in [0.05, 0.1) is 11.1 Å². The second kappa shape index (κ2) is 7.47. The largest absolute Gasteiger partial charge is 0.489 e. The number of benzene rings is 1. The van der Waals surface area contributed by atoms with Crippen molar-refractivity contribution in [3.63, 3.8) is 0 Å². The number of hydrogen-bond donors (Lipinski definition) is 0. The van der Waals surface area contributed by atoms with E-state index in [4.69, 9.17) is 32.7 Å². The predicted octanol–water partition coefficient (Wildman–Crippen LogP) is 4.69. The zero-order valence-corrected chi connectivity index (χ0v) is 12.9. The van der Waals surface area contributed by atoms with Crippen LogP contribution in [0, 0.1) is 0 Å². The SMILES string of the molecule is COCCC(C)Oc1c(Cl)cc(Cl)cc1CBr. The Kier molecular flexibility index (Phi) is 6.63. The van der Waals surface area contributed by atoms with Crippen LogP contribution >= 0.6 is 39.1 Å². The standard InChI is InChI=1S/C12H15BrCl2O2/c1-8(3-4-16-2)17-12-9(7-13)5-10(14)6-11(12)15/h5-6,8H,3-4,7H2,1-2H3. The van der Waals surface area contributed by atoms with Crippen LogP contribution < -0.4 is 4.74 Å². The van der Waals surface area contributed by atoms with E-state index in [9.17, 15) is 0 Å². The Balaban J connectivity index is 2.82. The average molecular weight is 342 g/mol. The first-order chi connectivity index (χ1) is 8.08. The fourth-order valence-electron chi connectivity index (χ4n) is 1.39. The molecule has 96 valence electrons. The second-order valence-electron chi connectivity index (χ2n) is 3.72. The molecule has 0 bridgehead atoms. The minimum atomic E-state index is 0.0476. The number of hydrogen-bond acceptors (Lipinski definition) is 2. The Morgan fingerprint density at radius 2 is 2.06 bits per heavy atom. The molecular formula is C12H15BrCl2O2. The summed E-state index contributed by atoms with van der Waals surface area (Å²) in [4.78, 5) is 0. The van der Waals surface area contributed by atoms with Crippen molar-refractivity contribution in [1.29, 1.82) is 0 Å². The van der Waals surface area contributed by atoms with Gasteiger partial charge in [-0.15, -0.1) is 0 Å². The van der Waals surface area contributed by atoms with E-state index in [0.29, 0.717) is 27.7 Å². The van der Waals surface area contributed by atoms with Crippen molar-refractivity contribution in [2.24, 2.45) is 0 Å². The van der Waals surface area contributed by atoms with Crippen LogP contribution in [0.1, 0.15) is 18.9 Å². The molecule has 1 aromatic carbocycles. The molecule has 1 unspecified atom stereocenters. The average Bonchev–Trinajstić information content (AvgIpc) is 2.29. The molecule has 5 heteroatoms. The molecule has 2 nitrogen and oxygen atoms in total. The smallest absolute Gasteiger partial charge is 0.142 e. The van der Waals surface area contributed by atoms with Gasteiger partial charge in [0.1, 0.15) is 5.75 Å². The Morgan fingerprint density at radius 1 is 1.35 bits per heavy atom. The van der Waals surface area contributed by atoms with Crippen LogP contribution in [0.4, 0.5) is 0 Å². The molecule has 0 aliphatic rings. The molecule has 0 aliphatic heterocycles. The zero-order chi connectivity index (χ0) is 12.8. The van der Waals surface area contributed by atoms with Gasteiger partial charge in [-0.2, -0.15) is 0 Å². The topological polar surface area (TPSA) is 18.5 Å². The van der Waals surface area contributed by atoms with Crippen molar-refractivity contribution in [3.05, 3.63) is 27.7 Å². The molecule has 0 aliphatic carbocycles. The maximum absolute atomic E-state index is 6.13. The van der Waals surface area contributed by atoms with Crippen molar-refractivity contribution in [2.45, 2.75) is 24.8 Å². The van der Waals surface area contributed by atoms with Crippen LogP contribution in [0.5, 0.6) is 5.75 Å². The van der Waals surface area contributed by atoms with E-state index in [1.54, 1.807) is 13.2 Å². The maximum atomic E-state index is 6.13. The molecule has 0 N–H and O–H groups in total. The van der Waals surface area contributed by atoms with Crippen molar-refractivity contribution >= 4 is 39.1 Å². The van der Waals surface area contributed by atoms with Gasteiger partial charge in [0.2, 0.25) is 0 Å². The van der Waals surface area contributed by atoms with Crippen LogP contribution in [0.25, 0.3) is 0 Å². The molecule has 0 aromatic heterocycles. The first-order valence-electron chi connectivity index (χ1n) is 5.28. The molecule has 0 amide bonds. The van der Waals surface area contributed by atoms with Gasteiger partial charge in [-0.3, -0.25) is 0 Å². The molecule has 0 saturated heterocycles. The van der Waals surface area contributed by atoms with Crippen LogP contribution in [0.3, 0.4) is 0 Å². The first kappa shape index (κ1) is 15.1. The monoisotopic (exact) mass is 340 g/mol. The third-order valence-electron chi connectivity index (χ3n) is 2.28. The summed E-state index contributed by atoms with van der Waals surface area (Å²) in [7, 11) is 1.67. The second-order valence-corrected chi connectivity index (χ2v) is 5.12. The third kappa shape index (κ3) is 4.66. The first-order valence-corrected chi connectivity index (χ1v) is 7.15. The van der Waals surface area contributed by atoms with Crippen LogP contribution in [0.15, 0.2) is 12.1 Å². The molecule has 1 aromatic rings. The quantitative estimate of drug-likeness (QED) is 0.698. The summed E-state index contributed by atoms with van der Waals surface area (Å²) >= 11 is 15.5. The van der Waals surface area contributed by atoms with Gasteiger partial charge in [0, 0.05) is 36.1 Å². The predicted molar refractivity (Wildman–Crippen MR) is 75.7 cm³/mol. The highest BCUT2D eigenvalue weighted by atomic mass is 79.9. The fourth-order valence-corrected chi connectivity index (χ4v) is 2.39. The molecule has 1 rings (SSSR count). The number of ether oxygens (including phenoxy) is 2. The minimum absolute atomic E-state index is 0.0476. The van der Waals surface area contributed by atoms with E-state index in [1.807, 2.05) is 13.0 Å². The Labute approximate surface area is 120 Å². The molecule has 0 spiro atoms. The zero-order valence-electron chi connectivity index (χ0n) is 9.80. The molecule has 0 fully saturated rings. The molecule has 17 heavy (non-hydrogen) atoms. The van der Waals surface area contributed by atoms with Gasteiger partial charge in [-0.25, -0.2) is 0 Å². The van der Waals surface area contributed by atoms with E-state index in [-0.39, 0.29) is 6.10 Å². The number of rotatable bonds is 6.